The van der Waals surface area contributed by atoms with Gasteiger partial charge in [-0.3, -0.25) is 4.79 Å². The zero-order chi connectivity index (χ0) is 24.6. The second-order valence-corrected chi connectivity index (χ2v) is 8.76. The third kappa shape index (κ3) is 5.86. The van der Waals surface area contributed by atoms with Crippen LogP contribution in [0.1, 0.15) is 35.2 Å². The van der Waals surface area contributed by atoms with Crippen molar-refractivity contribution in [3.63, 3.8) is 0 Å². The van der Waals surface area contributed by atoms with Gasteiger partial charge in [-0.1, -0.05) is 23.2 Å². The van der Waals surface area contributed by atoms with E-state index in [4.69, 9.17) is 32.7 Å². The van der Waals surface area contributed by atoms with Crippen molar-refractivity contribution in [3.05, 3.63) is 57.3 Å². The number of hydrogen-bond donors (Lipinski definition) is 1. The molecule has 1 N–H and O–H groups in total. The van der Waals surface area contributed by atoms with Crippen molar-refractivity contribution in [2.45, 2.75) is 50.7 Å². The van der Waals surface area contributed by atoms with Gasteiger partial charge in [0.1, 0.15) is 30.0 Å². The number of hydrogen-bond acceptors (Lipinski definition) is 5. The molecule has 34 heavy (non-hydrogen) atoms. The Morgan fingerprint density at radius 3 is 2.59 bits per heavy atom. The molecule has 2 aromatic carbocycles. The van der Waals surface area contributed by atoms with Crippen LogP contribution in [0.15, 0.2) is 30.3 Å². The molecule has 2 unspecified atom stereocenters. The molecule has 184 valence electrons. The Hall–Kier alpha value is -2.27. The van der Waals surface area contributed by atoms with Gasteiger partial charge in [-0.25, -0.2) is 4.39 Å². The van der Waals surface area contributed by atoms with Gasteiger partial charge in [0.05, 0.1) is 10.6 Å². The van der Waals surface area contributed by atoms with Gasteiger partial charge < -0.3 is 24.2 Å². The van der Waals surface area contributed by atoms with E-state index in [0.29, 0.717) is 13.0 Å². The topological polar surface area (TPSA) is 71.5 Å². The standard InChI is InChI=1S/C22H19Cl2F4NO5/c23-15-9-14(20(30)29-5-1-2-12(29)7-19-21(31)33-19)17(25)6-11(15)10-32-13-3-4-18(16(24)8-13)34-22(26,27)28/h3-4,6,8-9,12,19,21,31H,1-2,5,7,10H2/t12-,19?,21?/m0/s1. The Labute approximate surface area is 201 Å². The molecule has 2 aromatic rings. The molecular weight excluding hydrogens is 505 g/mol. The maximum absolute atomic E-state index is 14.8. The molecule has 0 spiro atoms. The predicted molar refractivity (Wildman–Crippen MR) is 113 cm³/mol. The minimum absolute atomic E-state index is 0.0876. The number of carbonyl (C=O) groups is 1. The van der Waals surface area contributed by atoms with E-state index in [1.807, 2.05) is 0 Å². The zero-order valence-electron chi connectivity index (χ0n) is 17.4. The number of nitrogens with zero attached hydrogens (tertiary/aromatic N) is 1. The molecule has 12 heteroatoms. The lowest BCUT2D eigenvalue weighted by Crippen LogP contribution is -2.37. The van der Waals surface area contributed by atoms with E-state index in [-0.39, 0.29) is 45.7 Å². The molecule has 2 fully saturated rings. The first-order valence-electron chi connectivity index (χ1n) is 10.3. The highest BCUT2D eigenvalue weighted by molar-refractivity contribution is 6.32. The fourth-order valence-corrected chi connectivity index (χ4v) is 4.31. The Morgan fingerprint density at radius 1 is 1.21 bits per heavy atom. The number of benzene rings is 2. The number of aliphatic hydroxyl groups is 1. The van der Waals surface area contributed by atoms with Crippen LogP contribution in [-0.4, -0.2) is 47.3 Å². The number of likely N-dealkylation sites (tertiary alicyclic amines) is 1. The maximum Gasteiger partial charge on any atom is 0.573 e. The Morgan fingerprint density at radius 2 is 1.94 bits per heavy atom. The Bertz CT molecular complexity index is 1080. The van der Waals surface area contributed by atoms with E-state index in [9.17, 15) is 27.5 Å². The van der Waals surface area contributed by atoms with E-state index in [0.717, 1.165) is 31.0 Å². The van der Waals surface area contributed by atoms with Crippen LogP contribution in [0.25, 0.3) is 0 Å². The minimum atomic E-state index is -4.89. The summed E-state index contributed by atoms with van der Waals surface area (Å²) in [5, 5.41) is 9.14. The van der Waals surface area contributed by atoms with Crippen molar-refractivity contribution in [2.75, 3.05) is 6.54 Å². The summed E-state index contributed by atoms with van der Waals surface area (Å²) in [5.74, 6) is -1.76. The highest BCUT2D eigenvalue weighted by Crippen LogP contribution is 2.34. The number of ether oxygens (including phenoxy) is 3. The fraction of sp³-hybridized carbons (Fsp3) is 0.409. The van der Waals surface area contributed by atoms with E-state index in [2.05, 4.69) is 4.74 Å². The fourth-order valence-electron chi connectivity index (χ4n) is 3.88. The molecule has 0 bridgehead atoms. The molecule has 2 saturated heterocycles. The van der Waals surface area contributed by atoms with Crippen molar-refractivity contribution in [2.24, 2.45) is 0 Å². The lowest BCUT2D eigenvalue weighted by atomic mass is 10.1. The van der Waals surface area contributed by atoms with Gasteiger partial charge in [0.15, 0.2) is 6.29 Å². The molecule has 0 aliphatic carbocycles. The zero-order valence-corrected chi connectivity index (χ0v) is 19.0. The number of carbonyl (C=O) groups excluding carboxylic acids is 1. The van der Waals surface area contributed by atoms with Gasteiger partial charge in [0.25, 0.3) is 5.91 Å². The second kappa shape index (κ2) is 9.77. The van der Waals surface area contributed by atoms with E-state index >= 15 is 0 Å². The molecule has 1 amide bonds. The summed E-state index contributed by atoms with van der Waals surface area (Å²) in [4.78, 5) is 14.5. The van der Waals surface area contributed by atoms with Crippen molar-refractivity contribution < 1.29 is 41.7 Å². The quantitative estimate of drug-likeness (QED) is 0.392. The third-order valence-electron chi connectivity index (χ3n) is 5.59. The molecule has 2 aliphatic heterocycles. The number of rotatable bonds is 7. The molecule has 4 rings (SSSR count). The molecule has 2 aliphatic rings. The molecule has 0 saturated carbocycles. The lowest BCUT2D eigenvalue weighted by Gasteiger charge is -2.24. The van der Waals surface area contributed by atoms with Crippen molar-refractivity contribution in [1.29, 1.82) is 0 Å². The van der Waals surface area contributed by atoms with E-state index < -0.39 is 30.1 Å². The van der Waals surface area contributed by atoms with E-state index in [1.165, 1.54) is 12.1 Å². The van der Waals surface area contributed by atoms with Crippen LogP contribution in [0.3, 0.4) is 0 Å². The predicted octanol–water partition coefficient (Wildman–Crippen LogP) is 5.32. The smallest absolute Gasteiger partial charge is 0.489 e. The summed E-state index contributed by atoms with van der Waals surface area (Å²) < 4.78 is 66.2. The molecule has 0 aromatic heterocycles. The first kappa shape index (κ1) is 24.8. The molecule has 0 radical (unpaired) electrons. The maximum atomic E-state index is 14.8. The number of alkyl halides is 3. The molecule has 6 nitrogen and oxygen atoms in total. The van der Waals surface area contributed by atoms with Crippen molar-refractivity contribution in [3.8, 4) is 11.5 Å². The highest BCUT2D eigenvalue weighted by atomic mass is 35.5. The Kier molecular flexibility index (Phi) is 7.14. The summed E-state index contributed by atoms with van der Waals surface area (Å²) in [5.41, 5.74) is 0.0459. The SMILES string of the molecule is O=C(c1cc(Cl)c(COc2ccc(OC(F)(F)F)c(Cl)c2)cc1F)N1CCC[C@H]1CC1OC1O. The van der Waals surface area contributed by atoms with Gasteiger partial charge in [-0.05, 0) is 43.5 Å². The van der Waals surface area contributed by atoms with Gasteiger partial charge in [0, 0.05) is 29.2 Å². The molecule has 3 atom stereocenters. The van der Waals surface area contributed by atoms with Crippen molar-refractivity contribution >= 4 is 29.1 Å². The largest absolute Gasteiger partial charge is 0.573 e. The van der Waals surface area contributed by atoms with Crippen LogP contribution in [0.2, 0.25) is 10.0 Å². The molecule has 2 heterocycles. The second-order valence-electron chi connectivity index (χ2n) is 7.95. The van der Waals surface area contributed by atoms with E-state index in [1.54, 1.807) is 4.90 Å². The van der Waals surface area contributed by atoms with Gasteiger partial charge in [-0.15, -0.1) is 13.2 Å². The van der Waals surface area contributed by atoms with Crippen LogP contribution in [0, 0.1) is 5.82 Å². The average molecular weight is 524 g/mol. The lowest BCUT2D eigenvalue weighted by molar-refractivity contribution is -0.274. The van der Waals surface area contributed by atoms with Crippen LogP contribution in [0.4, 0.5) is 17.6 Å². The number of halogens is 6. The van der Waals surface area contributed by atoms with Crippen LogP contribution in [0.5, 0.6) is 11.5 Å². The van der Waals surface area contributed by atoms with Crippen LogP contribution < -0.4 is 9.47 Å². The first-order valence-corrected chi connectivity index (χ1v) is 11.1. The molecular formula is C22H19Cl2F4NO5. The number of epoxide rings is 1. The summed E-state index contributed by atoms with van der Waals surface area (Å²) in [7, 11) is 0. The minimum Gasteiger partial charge on any atom is -0.489 e. The van der Waals surface area contributed by atoms with Crippen LogP contribution in [-0.2, 0) is 11.3 Å². The van der Waals surface area contributed by atoms with Crippen LogP contribution >= 0.6 is 23.2 Å². The third-order valence-corrected chi connectivity index (χ3v) is 6.24. The summed E-state index contributed by atoms with van der Waals surface area (Å²) in [6.07, 6.45) is -4.05. The normalized spacial score (nSPS) is 22.1. The Balaban J connectivity index is 1.42. The summed E-state index contributed by atoms with van der Waals surface area (Å²) in [6.45, 7) is 0.242. The highest BCUT2D eigenvalue weighted by Gasteiger charge is 2.42. The van der Waals surface area contributed by atoms with Crippen molar-refractivity contribution in [1.82, 2.24) is 4.90 Å². The average Bonchev–Trinajstić information content (AvgIpc) is 3.25. The van der Waals surface area contributed by atoms with Gasteiger partial charge in [0.2, 0.25) is 0 Å². The number of aliphatic hydroxyl groups excluding tert-OH is 1. The summed E-state index contributed by atoms with van der Waals surface area (Å²) >= 11 is 12.0. The first-order chi connectivity index (χ1) is 16.0. The van der Waals surface area contributed by atoms with Gasteiger partial charge in [-0.2, -0.15) is 0 Å². The van der Waals surface area contributed by atoms with Gasteiger partial charge >= 0.3 is 6.36 Å². The summed E-state index contributed by atoms with van der Waals surface area (Å²) in [6, 6.07) is 5.47. The monoisotopic (exact) mass is 523 g/mol. The number of amides is 1.